The number of methoxy groups -OCH3 is 1. The van der Waals surface area contributed by atoms with Crippen molar-refractivity contribution < 1.29 is 19.4 Å². The smallest absolute Gasteiger partial charge is 0.253 e. The molecule has 0 aromatic heterocycles. The quantitative estimate of drug-likeness (QED) is 0.866. The van der Waals surface area contributed by atoms with Crippen molar-refractivity contribution in [3.05, 3.63) is 65.2 Å². The molecule has 1 N–H and O–H groups in total. The largest absolute Gasteiger partial charge is 0.491 e. The van der Waals surface area contributed by atoms with Crippen LogP contribution in [0, 0.1) is 6.92 Å². The predicted molar refractivity (Wildman–Crippen MR) is 99.3 cm³/mol. The highest BCUT2D eigenvalue weighted by atomic mass is 16.5. The maximum Gasteiger partial charge on any atom is 0.253 e. The number of carbonyl (C=O) groups is 1. The Kier molecular flexibility index (Phi) is 5.59. The minimum absolute atomic E-state index is 0.0690. The Morgan fingerprint density at radius 2 is 2.00 bits per heavy atom. The van der Waals surface area contributed by atoms with E-state index in [1.807, 2.05) is 43.3 Å². The van der Waals surface area contributed by atoms with Crippen molar-refractivity contribution in [1.82, 2.24) is 4.90 Å². The highest BCUT2D eigenvalue weighted by molar-refractivity contribution is 5.94. The first-order valence-corrected chi connectivity index (χ1v) is 8.78. The van der Waals surface area contributed by atoms with Gasteiger partial charge in [0.1, 0.15) is 18.0 Å². The molecule has 26 heavy (non-hydrogen) atoms. The molecule has 138 valence electrons. The summed E-state index contributed by atoms with van der Waals surface area (Å²) in [6, 6.07) is 15.1. The second kappa shape index (κ2) is 7.89. The topological polar surface area (TPSA) is 59.0 Å². The molecule has 0 radical (unpaired) electrons. The summed E-state index contributed by atoms with van der Waals surface area (Å²) in [4.78, 5) is 14.4. The molecule has 0 saturated carbocycles. The zero-order chi connectivity index (χ0) is 18.6. The van der Waals surface area contributed by atoms with E-state index in [0.29, 0.717) is 25.1 Å². The number of carbonyl (C=O) groups excluding carboxylic acids is 1. The van der Waals surface area contributed by atoms with Crippen molar-refractivity contribution in [2.24, 2.45) is 0 Å². The molecule has 0 aliphatic carbocycles. The number of hydrogen-bond acceptors (Lipinski definition) is 4. The number of nitrogens with zero attached hydrogens (tertiary/aromatic N) is 1. The van der Waals surface area contributed by atoms with E-state index in [9.17, 15) is 9.90 Å². The third-order valence-electron chi connectivity index (χ3n) is 4.63. The van der Waals surface area contributed by atoms with Crippen molar-refractivity contribution in [2.45, 2.75) is 25.6 Å². The van der Waals surface area contributed by atoms with Gasteiger partial charge in [-0.25, -0.2) is 0 Å². The SMILES string of the molecule is COCc1ccc(C(=O)N2CC[C@](O)(COc3cccc(C)c3)C2)cc1. The lowest BCUT2D eigenvalue weighted by Gasteiger charge is -2.24. The summed E-state index contributed by atoms with van der Waals surface area (Å²) < 4.78 is 10.8. The molecule has 2 aromatic rings. The Morgan fingerprint density at radius 1 is 1.23 bits per heavy atom. The van der Waals surface area contributed by atoms with Crippen LogP contribution in [0.15, 0.2) is 48.5 Å². The van der Waals surface area contributed by atoms with E-state index in [-0.39, 0.29) is 19.1 Å². The molecule has 1 atom stereocenters. The van der Waals surface area contributed by atoms with Crippen LogP contribution in [0.25, 0.3) is 0 Å². The Hall–Kier alpha value is -2.37. The summed E-state index contributed by atoms with van der Waals surface area (Å²) in [7, 11) is 1.64. The number of rotatable bonds is 6. The van der Waals surface area contributed by atoms with Gasteiger partial charge in [-0.3, -0.25) is 4.79 Å². The van der Waals surface area contributed by atoms with Crippen LogP contribution in [0.5, 0.6) is 5.75 Å². The zero-order valence-electron chi connectivity index (χ0n) is 15.3. The summed E-state index contributed by atoms with van der Waals surface area (Å²) in [6.45, 7) is 3.49. The summed E-state index contributed by atoms with van der Waals surface area (Å²) in [5.74, 6) is 0.664. The third kappa shape index (κ3) is 4.42. The van der Waals surface area contributed by atoms with Crippen LogP contribution in [0.3, 0.4) is 0 Å². The van der Waals surface area contributed by atoms with E-state index in [2.05, 4.69) is 0 Å². The van der Waals surface area contributed by atoms with Gasteiger partial charge < -0.3 is 19.5 Å². The molecule has 5 nitrogen and oxygen atoms in total. The van der Waals surface area contributed by atoms with Gasteiger partial charge in [-0.2, -0.15) is 0 Å². The molecule has 1 amide bonds. The van der Waals surface area contributed by atoms with Crippen LogP contribution >= 0.6 is 0 Å². The zero-order valence-corrected chi connectivity index (χ0v) is 15.3. The number of hydrogen-bond donors (Lipinski definition) is 1. The number of aliphatic hydroxyl groups is 1. The van der Waals surface area contributed by atoms with Gasteiger partial charge in [0, 0.05) is 19.2 Å². The standard InChI is InChI=1S/C21H25NO4/c1-16-4-3-5-19(12-16)26-15-21(24)10-11-22(14-21)20(23)18-8-6-17(7-9-18)13-25-2/h3-9,12,24H,10-11,13-15H2,1-2H3/t21-/m1/s1. The molecule has 1 heterocycles. The number of likely N-dealkylation sites (tertiary alicyclic amines) is 1. The summed E-state index contributed by atoms with van der Waals surface area (Å²) in [5.41, 5.74) is 1.73. The van der Waals surface area contributed by atoms with E-state index in [0.717, 1.165) is 16.9 Å². The fourth-order valence-corrected chi connectivity index (χ4v) is 3.16. The number of ether oxygens (including phenoxy) is 2. The number of benzene rings is 2. The molecule has 2 aromatic carbocycles. The first kappa shape index (κ1) is 18.4. The van der Waals surface area contributed by atoms with Crippen LogP contribution in [0.2, 0.25) is 0 Å². The van der Waals surface area contributed by atoms with Gasteiger partial charge in [-0.05, 0) is 48.7 Å². The molecule has 1 saturated heterocycles. The van der Waals surface area contributed by atoms with Crippen LogP contribution in [0.4, 0.5) is 0 Å². The first-order chi connectivity index (χ1) is 12.5. The molecule has 3 rings (SSSR count). The summed E-state index contributed by atoms with van der Waals surface area (Å²) in [5, 5.41) is 10.8. The molecule has 5 heteroatoms. The van der Waals surface area contributed by atoms with Gasteiger partial charge in [0.15, 0.2) is 0 Å². The van der Waals surface area contributed by atoms with Crippen molar-refractivity contribution >= 4 is 5.91 Å². The average Bonchev–Trinajstić information content (AvgIpc) is 3.03. The third-order valence-corrected chi connectivity index (χ3v) is 4.63. The Morgan fingerprint density at radius 3 is 2.69 bits per heavy atom. The molecule has 0 unspecified atom stereocenters. The normalized spacial score (nSPS) is 19.6. The number of amides is 1. The summed E-state index contributed by atoms with van der Waals surface area (Å²) in [6.07, 6.45) is 0.506. The van der Waals surface area contributed by atoms with Crippen LogP contribution in [-0.4, -0.2) is 48.3 Å². The fourth-order valence-electron chi connectivity index (χ4n) is 3.16. The molecule has 1 fully saturated rings. The van der Waals surface area contributed by atoms with Crippen LogP contribution in [-0.2, 0) is 11.3 Å². The number of aryl methyl sites for hydroxylation is 1. The van der Waals surface area contributed by atoms with Gasteiger partial charge in [0.25, 0.3) is 5.91 Å². The Bertz CT molecular complexity index is 759. The first-order valence-electron chi connectivity index (χ1n) is 8.78. The summed E-state index contributed by atoms with van der Waals surface area (Å²) >= 11 is 0. The molecule has 1 aliphatic rings. The molecular weight excluding hydrogens is 330 g/mol. The van der Waals surface area contributed by atoms with E-state index >= 15 is 0 Å². The Balaban J connectivity index is 1.58. The van der Waals surface area contributed by atoms with Crippen molar-refractivity contribution in [3.63, 3.8) is 0 Å². The second-order valence-corrected chi connectivity index (χ2v) is 6.94. The number of β-amino-alcohol motifs (C(OH)–C–C–N with tert-alkyl or cyclic N) is 1. The van der Waals surface area contributed by atoms with E-state index in [1.165, 1.54) is 0 Å². The minimum Gasteiger partial charge on any atom is -0.491 e. The average molecular weight is 355 g/mol. The molecule has 0 spiro atoms. The van der Waals surface area contributed by atoms with Crippen LogP contribution in [0.1, 0.15) is 27.9 Å². The lowest BCUT2D eigenvalue weighted by Crippen LogP contribution is -2.40. The van der Waals surface area contributed by atoms with Gasteiger partial charge in [0.2, 0.25) is 0 Å². The molecule has 0 bridgehead atoms. The lowest BCUT2D eigenvalue weighted by atomic mass is 10.1. The van der Waals surface area contributed by atoms with Gasteiger partial charge in [0.05, 0.1) is 13.2 Å². The lowest BCUT2D eigenvalue weighted by molar-refractivity contribution is 0.00429. The van der Waals surface area contributed by atoms with Crippen molar-refractivity contribution in [3.8, 4) is 5.75 Å². The minimum atomic E-state index is -1.02. The van der Waals surface area contributed by atoms with Crippen molar-refractivity contribution in [2.75, 3.05) is 26.8 Å². The maximum absolute atomic E-state index is 12.7. The fraction of sp³-hybridized carbons (Fsp3) is 0.381. The van der Waals surface area contributed by atoms with E-state index in [4.69, 9.17) is 9.47 Å². The van der Waals surface area contributed by atoms with Gasteiger partial charge in [-0.15, -0.1) is 0 Å². The van der Waals surface area contributed by atoms with Crippen molar-refractivity contribution in [1.29, 1.82) is 0 Å². The van der Waals surface area contributed by atoms with E-state index < -0.39 is 5.60 Å². The Labute approximate surface area is 154 Å². The molecule has 1 aliphatic heterocycles. The maximum atomic E-state index is 12.7. The second-order valence-electron chi connectivity index (χ2n) is 6.94. The highest BCUT2D eigenvalue weighted by Gasteiger charge is 2.39. The monoisotopic (exact) mass is 355 g/mol. The molecular formula is C21H25NO4. The highest BCUT2D eigenvalue weighted by Crippen LogP contribution is 2.25. The van der Waals surface area contributed by atoms with E-state index in [1.54, 1.807) is 24.1 Å². The van der Waals surface area contributed by atoms with Gasteiger partial charge in [-0.1, -0.05) is 24.3 Å². The van der Waals surface area contributed by atoms with Gasteiger partial charge >= 0.3 is 0 Å². The van der Waals surface area contributed by atoms with Crippen LogP contribution < -0.4 is 4.74 Å². The predicted octanol–water partition coefficient (Wildman–Crippen LogP) is 2.80.